The molecule has 0 aliphatic heterocycles. The molecular formula is C13H22NP. The molecule has 1 aromatic rings. The summed E-state index contributed by atoms with van der Waals surface area (Å²) in [7, 11) is 2.75. The van der Waals surface area contributed by atoms with Crippen LogP contribution in [0.3, 0.4) is 0 Å². The maximum absolute atomic E-state index is 6.19. The molecule has 1 rings (SSSR count). The first-order valence-corrected chi connectivity index (χ1v) is 6.40. The van der Waals surface area contributed by atoms with Crippen LogP contribution >= 0.6 is 9.24 Å². The summed E-state index contributed by atoms with van der Waals surface area (Å²) < 4.78 is 0. The fourth-order valence-corrected chi connectivity index (χ4v) is 2.30. The third kappa shape index (κ3) is 4.77. The maximum atomic E-state index is 6.19. The molecule has 0 spiro atoms. The molecule has 0 bridgehead atoms. The van der Waals surface area contributed by atoms with Gasteiger partial charge in [0.25, 0.3) is 0 Å². The summed E-state index contributed by atoms with van der Waals surface area (Å²) in [6.45, 7) is 4.26. The molecule has 0 aliphatic carbocycles. The largest absolute Gasteiger partial charge is 0.325 e. The molecule has 0 heterocycles. The van der Waals surface area contributed by atoms with Crippen molar-refractivity contribution >= 4 is 9.24 Å². The predicted octanol–water partition coefficient (Wildman–Crippen LogP) is 2.91. The molecule has 1 aromatic carbocycles. The lowest BCUT2D eigenvalue weighted by Crippen LogP contribution is -2.36. The minimum Gasteiger partial charge on any atom is -0.325 e. The molecule has 15 heavy (non-hydrogen) atoms. The molecule has 2 unspecified atom stereocenters. The first-order valence-electron chi connectivity index (χ1n) is 5.58. The van der Waals surface area contributed by atoms with Gasteiger partial charge in [-0.15, -0.1) is 9.24 Å². The standard InChI is InChI=1S/C13H22NP/c1-11-3-5-12(6-4-11)7-8-13(2,14)9-10-15/h3-6H,7-10,14-15H2,1-2H3. The van der Waals surface area contributed by atoms with Gasteiger partial charge in [-0.25, -0.2) is 0 Å². The number of hydrogen-bond donors (Lipinski definition) is 1. The van der Waals surface area contributed by atoms with Crippen LogP contribution in [-0.2, 0) is 6.42 Å². The van der Waals surface area contributed by atoms with E-state index in [-0.39, 0.29) is 5.54 Å². The van der Waals surface area contributed by atoms with E-state index in [2.05, 4.69) is 47.4 Å². The summed E-state index contributed by atoms with van der Waals surface area (Å²) in [4.78, 5) is 0. The fraction of sp³-hybridized carbons (Fsp3) is 0.538. The Morgan fingerprint density at radius 1 is 1.20 bits per heavy atom. The lowest BCUT2D eigenvalue weighted by molar-refractivity contribution is 0.422. The van der Waals surface area contributed by atoms with E-state index >= 15 is 0 Å². The summed E-state index contributed by atoms with van der Waals surface area (Å²) in [5.74, 6) is 0. The Labute approximate surface area is 95.7 Å². The van der Waals surface area contributed by atoms with Gasteiger partial charge in [0.15, 0.2) is 0 Å². The van der Waals surface area contributed by atoms with Gasteiger partial charge >= 0.3 is 0 Å². The second-order valence-corrected chi connectivity index (χ2v) is 5.26. The van der Waals surface area contributed by atoms with Crippen LogP contribution in [0.2, 0.25) is 0 Å². The van der Waals surface area contributed by atoms with Crippen LogP contribution in [0, 0.1) is 6.92 Å². The van der Waals surface area contributed by atoms with Crippen molar-refractivity contribution in [2.24, 2.45) is 5.73 Å². The second kappa shape index (κ2) is 5.63. The molecule has 0 saturated heterocycles. The van der Waals surface area contributed by atoms with E-state index in [0.717, 1.165) is 25.4 Å². The van der Waals surface area contributed by atoms with Gasteiger partial charge in [-0.2, -0.15) is 0 Å². The summed E-state index contributed by atoms with van der Waals surface area (Å²) in [6, 6.07) is 8.73. The van der Waals surface area contributed by atoms with E-state index < -0.39 is 0 Å². The number of nitrogens with two attached hydrogens (primary N) is 1. The summed E-state index contributed by atoms with van der Waals surface area (Å²) in [5.41, 5.74) is 8.88. The molecule has 0 saturated carbocycles. The number of hydrogen-bond acceptors (Lipinski definition) is 1. The Kier molecular flexibility index (Phi) is 4.76. The molecular weight excluding hydrogens is 201 g/mol. The lowest BCUT2D eigenvalue weighted by atomic mass is 9.92. The summed E-state index contributed by atoms with van der Waals surface area (Å²) in [6.07, 6.45) is 4.30. The molecule has 0 fully saturated rings. The van der Waals surface area contributed by atoms with E-state index in [0.29, 0.717) is 0 Å². The van der Waals surface area contributed by atoms with Crippen molar-refractivity contribution in [3.05, 3.63) is 35.4 Å². The van der Waals surface area contributed by atoms with Crippen LogP contribution < -0.4 is 5.73 Å². The van der Waals surface area contributed by atoms with Crippen molar-refractivity contribution < 1.29 is 0 Å². The molecule has 2 N–H and O–H groups in total. The van der Waals surface area contributed by atoms with Gasteiger partial charge in [0.2, 0.25) is 0 Å². The van der Waals surface area contributed by atoms with E-state index in [1.54, 1.807) is 0 Å². The Morgan fingerprint density at radius 2 is 1.80 bits per heavy atom. The fourth-order valence-electron chi connectivity index (χ4n) is 1.64. The zero-order chi connectivity index (χ0) is 11.3. The third-order valence-electron chi connectivity index (χ3n) is 2.82. The number of benzene rings is 1. The maximum Gasteiger partial charge on any atom is 0.0132 e. The van der Waals surface area contributed by atoms with Crippen LogP contribution in [0.1, 0.15) is 30.9 Å². The normalized spacial score (nSPS) is 14.9. The van der Waals surface area contributed by atoms with Crippen molar-refractivity contribution in [2.45, 2.75) is 38.6 Å². The van der Waals surface area contributed by atoms with Crippen molar-refractivity contribution in [1.29, 1.82) is 0 Å². The van der Waals surface area contributed by atoms with Gasteiger partial charge in [0, 0.05) is 5.54 Å². The summed E-state index contributed by atoms with van der Waals surface area (Å²) >= 11 is 0. The van der Waals surface area contributed by atoms with Gasteiger partial charge in [-0.1, -0.05) is 29.8 Å². The third-order valence-corrected chi connectivity index (χ3v) is 3.11. The highest BCUT2D eigenvalue weighted by Gasteiger charge is 2.16. The van der Waals surface area contributed by atoms with Gasteiger partial charge < -0.3 is 5.73 Å². The minimum absolute atomic E-state index is 0.0212. The van der Waals surface area contributed by atoms with E-state index in [9.17, 15) is 0 Å². The molecule has 0 amide bonds. The highest BCUT2D eigenvalue weighted by molar-refractivity contribution is 7.16. The van der Waals surface area contributed by atoms with Crippen LogP contribution in [0.25, 0.3) is 0 Å². The van der Waals surface area contributed by atoms with E-state index in [1.807, 2.05) is 0 Å². The van der Waals surface area contributed by atoms with Crippen LogP contribution in [-0.4, -0.2) is 11.7 Å². The monoisotopic (exact) mass is 223 g/mol. The van der Waals surface area contributed by atoms with Gasteiger partial charge in [-0.05, 0) is 44.8 Å². The molecule has 0 aromatic heterocycles. The average molecular weight is 223 g/mol. The molecule has 2 atom stereocenters. The van der Waals surface area contributed by atoms with Crippen LogP contribution in [0.5, 0.6) is 0 Å². The number of rotatable bonds is 5. The van der Waals surface area contributed by atoms with Gasteiger partial charge in [0.1, 0.15) is 0 Å². The molecule has 84 valence electrons. The molecule has 0 radical (unpaired) electrons. The highest BCUT2D eigenvalue weighted by Crippen LogP contribution is 2.16. The van der Waals surface area contributed by atoms with E-state index in [1.165, 1.54) is 11.1 Å². The SMILES string of the molecule is Cc1ccc(CCC(C)(N)CCP)cc1. The topological polar surface area (TPSA) is 26.0 Å². The van der Waals surface area contributed by atoms with E-state index in [4.69, 9.17) is 5.73 Å². The second-order valence-electron chi connectivity index (χ2n) is 4.68. The van der Waals surface area contributed by atoms with Crippen molar-refractivity contribution in [3.8, 4) is 0 Å². The van der Waals surface area contributed by atoms with Crippen molar-refractivity contribution in [2.75, 3.05) is 6.16 Å². The molecule has 2 heteroatoms. The predicted molar refractivity (Wildman–Crippen MR) is 71.3 cm³/mol. The Morgan fingerprint density at radius 3 is 2.33 bits per heavy atom. The smallest absolute Gasteiger partial charge is 0.0132 e. The zero-order valence-corrected chi connectivity index (χ0v) is 10.9. The van der Waals surface area contributed by atoms with Gasteiger partial charge in [0.05, 0.1) is 0 Å². The van der Waals surface area contributed by atoms with Crippen LogP contribution in [0.4, 0.5) is 0 Å². The Hall–Kier alpha value is -0.390. The number of aryl methyl sites for hydroxylation is 2. The lowest BCUT2D eigenvalue weighted by Gasteiger charge is -2.23. The first kappa shape index (κ1) is 12.7. The highest BCUT2D eigenvalue weighted by atomic mass is 31.0. The quantitative estimate of drug-likeness (QED) is 0.763. The molecule has 1 nitrogen and oxygen atoms in total. The average Bonchev–Trinajstić information content (AvgIpc) is 2.17. The van der Waals surface area contributed by atoms with Gasteiger partial charge in [-0.3, -0.25) is 0 Å². The van der Waals surface area contributed by atoms with Crippen molar-refractivity contribution in [1.82, 2.24) is 0 Å². The minimum atomic E-state index is -0.0212. The Balaban J connectivity index is 2.46. The first-order chi connectivity index (χ1) is 7.03. The summed E-state index contributed by atoms with van der Waals surface area (Å²) in [5, 5.41) is 0. The van der Waals surface area contributed by atoms with Crippen molar-refractivity contribution in [3.63, 3.8) is 0 Å². The van der Waals surface area contributed by atoms with Crippen LogP contribution in [0.15, 0.2) is 24.3 Å². The zero-order valence-electron chi connectivity index (χ0n) is 9.79. The Bertz CT molecular complexity index is 290. The molecule has 0 aliphatic rings.